The average Bonchev–Trinajstić information content (AvgIpc) is 2.15. The van der Waals surface area contributed by atoms with E-state index in [4.69, 9.17) is 4.74 Å². The zero-order valence-corrected chi connectivity index (χ0v) is 7.32. The fourth-order valence-electron chi connectivity index (χ4n) is 0.825. The summed E-state index contributed by atoms with van der Waals surface area (Å²) in [6.45, 7) is 1.34. The van der Waals surface area contributed by atoms with Crippen LogP contribution in [-0.2, 0) is 20.9 Å². The Morgan fingerprint density at radius 2 is 1.85 bits per heavy atom. The standard InChI is InChI=1S/C10H10O3/c1-8(11)10(12)13-7-9-5-3-2-4-6-9/h2-6H,7H2,1H3/i8+1,10+1. The molecule has 0 fully saturated rings. The van der Waals surface area contributed by atoms with E-state index in [1.165, 1.54) is 6.92 Å². The van der Waals surface area contributed by atoms with Crippen molar-refractivity contribution in [1.29, 1.82) is 0 Å². The van der Waals surface area contributed by atoms with E-state index in [2.05, 4.69) is 0 Å². The molecule has 0 aromatic heterocycles. The van der Waals surface area contributed by atoms with Crippen molar-refractivity contribution in [1.82, 2.24) is 0 Å². The topological polar surface area (TPSA) is 43.4 Å². The predicted molar refractivity (Wildman–Crippen MR) is 46.9 cm³/mol. The summed E-state index contributed by atoms with van der Waals surface area (Å²) in [5.41, 5.74) is 0.872. The quantitative estimate of drug-likeness (QED) is 0.400. The molecule has 68 valence electrons. The summed E-state index contributed by atoms with van der Waals surface area (Å²) in [7, 11) is 0. The van der Waals surface area contributed by atoms with E-state index in [9.17, 15) is 9.59 Å². The maximum Gasteiger partial charge on any atom is 0.374 e. The summed E-state index contributed by atoms with van der Waals surface area (Å²) in [6.07, 6.45) is 0. The molecule has 0 aliphatic carbocycles. The second-order valence-electron chi connectivity index (χ2n) is 2.62. The van der Waals surface area contributed by atoms with Crippen molar-refractivity contribution in [3.05, 3.63) is 35.9 Å². The minimum Gasteiger partial charge on any atom is -0.455 e. The Morgan fingerprint density at radius 1 is 1.23 bits per heavy atom. The van der Waals surface area contributed by atoms with Gasteiger partial charge in [0, 0.05) is 6.92 Å². The number of carbonyl (C=O) groups is 2. The highest BCUT2D eigenvalue weighted by Gasteiger charge is 2.07. The summed E-state index contributed by atoms with van der Waals surface area (Å²) in [6, 6.07) is 9.21. The van der Waals surface area contributed by atoms with Crippen molar-refractivity contribution in [2.45, 2.75) is 13.5 Å². The van der Waals surface area contributed by atoms with Crippen molar-refractivity contribution in [2.24, 2.45) is 0 Å². The third kappa shape index (κ3) is 3.07. The number of esters is 1. The normalized spacial score (nSPS) is 9.31. The van der Waals surface area contributed by atoms with Crippen LogP contribution in [0.1, 0.15) is 12.5 Å². The maximum atomic E-state index is 10.7. The fraction of sp³-hybridized carbons (Fsp3) is 0.200. The summed E-state index contributed by atoms with van der Waals surface area (Å²) >= 11 is 0. The number of rotatable bonds is 3. The highest BCUT2D eigenvalue weighted by atomic mass is 16.6. The van der Waals surface area contributed by atoms with Crippen molar-refractivity contribution in [3.8, 4) is 0 Å². The van der Waals surface area contributed by atoms with Gasteiger partial charge >= 0.3 is 5.97 Å². The monoisotopic (exact) mass is 180 g/mol. The molecule has 0 saturated heterocycles. The molecule has 3 heteroatoms. The summed E-state index contributed by atoms with van der Waals surface area (Å²) in [5, 5.41) is 0. The van der Waals surface area contributed by atoms with Crippen molar-refractivity contribution >= 4 is 11.8 Å². The number of hydrogen-bond acceptors (Lipinski definition) is 3. The lowest BCUT2D eigenvalue weighted by molar-refractivity contribution is -0.153. The molecule has 0 atom stereocenters. The lowest BCUT2D eigenvalue weighted by atomic mass is 10.2. The first-order valence-electron chi connectivity index (χ1n) is 3.92. The Bertz CT molecular complexity index is 303. The highest BCUT2D eigenvalue weighted by Crippen LogP contribution is 2.00. The van der Waals surface area contributed by atoms with E-state index in [0.29, 0.717) is 0 Å². The number of Topliss-reactive ketones (excluding diaryl/α,β-unsaturated/α-hetero) is 1. The van der Waals surface area contributed by atoms with Crippen LogP contribution in [0.25, 0.3) is 0 Å². The van der Waals surface area contributed by atoms with Gasteiger partial charge in [-0.3, -0.25) is 4.79 Å². The lowest BCUT2D eigenvalue weighted by Gasteiger charge is -2.01. The Hall–Kier alpha value is -1.64. The second-order valence-corrected chi connectivity index (χ2v) is 2.62. The predicted octanol–water partition coefficient (Wildman–Crippen LogP) is 1.32. The molecule has 3 nitrogen and oxygen atoms in total. The number of ketones is 1. The lowest BCUT2D eigenvalue weighted by Crippen LogP contribution is -2.13. The molecule has 0 spiro atoms. The first kappa shape index (κ1) is 9.45. The van der Waals surface area contributed by atoms with Crippen LogP contribution in [-0.4, -0.2) is 11.8 Å². The zero-order chi connectivity index (χ0) is 9.68. The molecule has 0 saturated carbocycles. The highest BCUT2D eigenvalue weighted by molar-refractivity contribution is 6.32. The SMILES string of the molecule is C[13C](=O)[13C](=O)OCc1ccccc1. The van der Waals surface area contributed by atoms with Crippen LogP contribution >= 0.6 is 0 Å². The van der Waals surface area contributed by atoms with E-state index in [1.54, 1.807) is 0 Å². The summed E-state index contributed by atoms with van der Waals surface area (Å²) in [5.74, 6) is -1.36. The van der Waals surface area contributed by atoms with Crippen LogP contribution in [0.4, 0.5) is 0 Å². The maximum absolute atomic E-state index is 10.7. The average molecular weight is 180 g/mol. The summed E-state index contributed by atoms with van der Waals surface area (Å²) < 4.78 is 4.70. The van der Waals surface area contributed by atoms with Crippen LogP contribution in [0, 0.1) is 0 Å². The van der Waals surface area contributed by atoms with Gasteiger partial charge in [0.2, 0.25) is 5.78 Å². The van der Waals surface area contributed by atoms with Gasteiger partial charge in [0.15, 0.2) is 0 Å². The molecule has 1 aromatic carbocycles. The first-order valence-corrected chi connectivity index (χ1v) is 3.92. The minimum absolute atomic E-state index is 0.152. The molecule has 13 heavy (non-hydrogen) atoms. The van der Waals surface area contributed by atoms with Crippen molar-refractivity contribution in [3.63, 3.8) is 0 Å². The van der Waals surface area contributed by atoms with Gasteiger partial charge in [0.25, 0.3) is 0 Å². The number of ether oxygens (including phenoxy) is 1. The Morgan fingerprint density at radius 3 is 2.38 bits per heavy atom. The molecule has 0 aliphatic heterocycles. The van der Waals surface area contributed by atoms with Gasteiger partial charge in [-0.15, -0.1) is 0 Å². The molecule has 0 radical (unpaired) electrons. The Labute approximate surface area is 76.3 Å². The molecule has 0 bridgehead atoms. The van der Waals surface area contributed by atoms with Gasteiger partial charge in [-0.25, -0.2) is 4.79 Å². The van der Waals surface area contributed by atoms with Crippen LogP contribution in [0.2, 0.25) is 0 Å². The molecule has 0 unspecified atom stereocenters. The van der Waals surface area contributed by atoms with E-state index < -0.39 is 11.8 Å². The molecular formula is C10H10O3. The summed E-state index contributed by atoms with van der Waals surface area (Å²) in [4.78, 5) is 21.2. The number of hydrogen-bond donors (Lipinski definition) is 0. The van der Waals surface area contributed by atoms with Crippen LogP contribution in [0.3, 0.4) is 0 Å². The van der Waals surface area contributed by atoms with Crippen molar-refractivity contribution < 1.29 is 14.3 Å². The van der Waals surface area contributed by atoms with Gasteiger partial charge in [0.05, 0.1) is 0 Å². The van der Waals surface area contributed by atoms with Crippen molar-refractivity contribution in [2.75, 3.05) is 0 Å². The van der Waals surface area contributed by atoms with E-state index in [-0.39, 0.29) is 6.61 Å². The van der Waals surface area contributed by atoms with Gasteiger partial charge in [-0.05, 0) is 5.56 Å². The number of carbonyl (C=O) groups excluding carboxylic acids is 2. The first-order chi connectivity index (χ1) is 6.20. The van der Waals surface area contributed by atoms with E-state index in [0.717, 1.165) is 5.56 Å². The third-order valence-electron chi connectivity index (χ3n) is 1.50. The smallest absolute Gasteiger partial charge is 0.374 e. The molecule has 1 rings (SSSR count). The van der Waals surface area contributed by atoms with Gasteiger partial charge in [-0.1, -0.05) is 30.3 Å². The largest absolute Gasteiger partial charge is 0.455 e. The van der Waals surface area contributed by atoms with Crippen LogP contribution in [0.5, 0.6) is 0 Å². The Balaban J connectivity index is 2.44. The fourth-order valence-corrected chi connectivity index (χ4v) is 0.825. The zero-order valence-electron chi connectivity index (χ0n) is 7.32. The van der Waals surface area contributed by atoms with Crippen LogP contribution in [0.15, 0.2) is 30.3 Å². The molecule has 1 aromatic rings. The molecule has 0 N–H and O–H groups in total. The molecular weight excluding hydrogens is 170 g/mol. The third-order valence-corrected chi connectivity index (χ3v) is 1.50. The van der Waals surface area contributed by atoms with Gasteiger partial charge < -0.3 is 4.74 Å². The van der Waals surface area contributed by atoms with E-state index in [1.807, 2.05) is 30.3 Å². The molecule has 0 aliphatic rings. The Kier molecular flexibility index (Phi) is 3.20. The van der Waals surface area contributed by atoms with Gasteiger partial charge in [0.1, 0.15) is 6.61 Å². The minimum atomic E-state index is -0.788. The second kappa shape index (κ2) is 4.40. The van der Waals surface area contributed by atoms with Crippen LogP contribution < -0.4 is 0 Å². The molecule has 0 amide bonds. The van der Waals surface area contributed by atoms with Gasteiger partial charge in [-0.2, -0.15) is 0 Å². The van der Waals surface area contributed by atoms with E-state index >= 15 is 0 Å². The number of benzene rings is 1. The molecule has 0 heterocycles.